The predicted molar refractivity (Wildman–Crippen MR) is 74.1 cm³/mol. The van der Waals surface area contributed by atoms with Crippen molar-refractivity contribution in [2.75, 3.05) is 0 Å². The molecule has 3 heteroatoms. The van der Waals surface area contributed by atoms with Gasteiger partial charge in [0.1, 0.15) is 0 Å². The lowest BCUT2D eigenvalue weighted by Crippen LogP contribution is -2.41. The first kappa shape index (κ1) is 14.8. The van der Waals surface area contributed by atoms with Gasteiger partial charge in [-0.25, -0.2) is 0 Å². The fourth-order valence-electron chi connectivity index (χ4n) is 2.06. The molecule has 0 aromatic rings. The molecule has 1 heterocycles. The van der Waals surface area contributed by atoms with Gasteiger partial charge >= 0.3 is 7.12 Å². The van der Waals surface area contributed by atoms with E-state index in [1.54, 1.807) is 0 Å². The Kier molecular flexibility index (Phi) is 3.86. The van der Waals surface area contributed by atoms with Crippen LogP contribution in [-0.4, -0.2) is 18.3 Å². The van der Waals surface area contributed by atoms with Gasteiger partial charge in [0, 0.05) is 0 Å². The highest BCUT2D eigenvalue weighted by Crippen LogP contribution is 2.46. The fourth-order valence-corrected chi connectivity index (χ4v) is 2.06. The van der Waals surface area contributed by atoms with Crippen LogP contribution in [0.4, 0.5) is 0 Å². The average Bonchev–Trinajstić information content (AvgIpc) is 2.46. The summed E-state index contributed by atoms with van der Waals surface area (Å²) in [5.41, 5.74) is -0.440. The van der Waals surface area contributed by atoms with E-state index in [2.05, 4.69) is 55.0 Å². The molecule has 0 saturated carbocycles. The molecular formula is C14H27BO2. The molecule has 1 unspecified atom stereocenters. The zero-order chi connectivity index (χ0) is 13.5. The summed E-state index contributed by atoms with van der Waals surface area (Å²) in [5.74, 6) is 0.297. The third kappa shape index (κ3) is 2.46. The van der Waals surface area contributed by atoms with Gasteiger partial charge in [-0.2, -0.15) is 0 Å². The second kappa shape index (κ2) is 4.44. The lowest BCUT2D eigenvalue weighted by molar-refractivity contribution is 0.00578. The van der Waals surface area contributed by atoms with Crippen molar-refractivity contribution in [2.24, 2.45) is 5.41 Å². The zero-order valence-corrected chi connectivity index (χ0v) is 12.5. The molecule has 0 bridgehead atoms. The van der Waals surface area contributed by atoms with Crippen LogP contribution in [0.15, 0.2) is 12.7 Å². The molecule has 2 nitrogen and oxygen atoms in total. The Morgan fingerprint density at radius 1 is 1.24 bits per heavy atom. The van der Waals surface area contributed by atoms with Crippen LogP contribution in [0, 0.1) is 5.41 Å². The highest BCUT2D eigenvalue weighted by atomic mass is 16.7. The fraction of sp³-hybridized carbons (Fsp3) is 0.857. The van der Waals surface area contributed by atoms with Crippen molar-refractivity contribution in [2.45, 2.75) is 71.9 Å². The van der Waals surface area contributed by atoms with Crippen molar-refractivity contribution in [3.63, 3.8) is 0 Å². The van der Waals surface area contributed by atoms with Crippen molar-refractivity contribution in [3.05, 3.63) is 12.7 Å². The van der Waals surface area contributed by atoms with Crippen molar-refractivity contribution in [1.29, 1.82) is 0 Å². The molecule has 0 spiro atoms. The summed E-state index contributed by atoms with van der Waals surface area (Å²) in [6.45, 7) is 18.9. The molecule has 98 valence electrons. The molecule has 1 saturated heterocycles. The van der Waals surface area contributed by atoms with Crippen molar-refractivity contribution < 1.29 is 9.31 Å². The predicted octanol–water partition coefficient (Wildman–Crippen LogP) is 4.07. The van der Waals surface area contributed by atoms with E-state index in [0.29, 0.717) is 5.82 Å². The van der Waals surface area contributed by atoms with Gasteiger partial charge in [-0.3, -0.25) is 0 Å². The van der Waals surface area contributed by atoms with Gasteiger partial charge in [0.25, 0.3) is 0 Å². The van der Waals surface area contributed by atoms with Crippen molar-refractivity contribution in [3.8, 4) is 0 Å². The molecule has 1 rings (SSSR count). The standard InChI is InChI=1S/C14H27BO2/c1-9-14(8,10-2)11(3)15-16-12(4,5)13(6,7)17-15/h9,11H,1,10H2,2-8H3/t11-,14?/m1/s1. The van der Waals surface area contributed by atoms with E-state index in [1.807, 2.05) is 6.08 Å². The Hall–Kier alpha value is -0.275. The second-order valence-corrected chi connectivity index (χ2v) is 6.48. The topological polar surface area (TPSA) is 18.5 Å². The summed E-state index contributed by atoms with van der Waals surface area (Å²) in [7, 11) is -0.150. The second-order valence-electron chi connectivity index (χ2n) is 6.48. The van der Waals surface area contributed by atoms with E-state index in [-0.39, 0.29) is 23.7 Å². The number of rotatable bonds is 4. The SMILES string of the molecule is C=CC(C)(CC)[C@@H](C)B1OC(C)(C)C(C)(C)O1. The maximum atomic E-state index is 6.11. The lowest BCUT2D eigenvalue weighted by atomic mass is 9.58. The highest BCUT2D eigenvalue weighted by molar-refractivity contribution is 6.47. The molecule has 1 aliphatic heterocycles. The first-order valence-corrected chi connectivity index (χ1v) is 6.59. The summed E-state index contributed by atoms with van der Waals surface area (Å²) < 4.78 is 12.2. The minimum Gasteiger partial charge on any atom is -0.403 e. The summed E-state index contributed by atoms with van der Waals surface area (Å²) in [4.78, 5) is 0. The summed E-state index contributed by atoms with van der Waals surface area (Å²) in [6, 6.07) is 0. The molecule has 17 heavy (non-hydrogen) atoms. The normalized spacial score (nSPS) is 27.6. The van der Waals surface area contributed by atoms with E-state index in [0.717, 1.165) is 6.42 Å². The lowest BCUT2D eigenvalue weighted by Gasteiger charge is -2.32. The molecule has 0 radical (unpaired) electrons. The molecule has 1 aliphatic rings. The Labute approximate surface area is 107 Å². The molecule has 0 aromatic heterocycles. The van der Waals surface area contributed by atoms with Crippen LogP contribution < -0.4 is 0 Å². The van der Waals surface area contributed by atoms with Gasteiger partial charge < -0.3 is 9.31 Å². The minimum absolute atomic E-state index is 0.0567. The summed E-state index contributed by atoms with van der Waals surface area (Å²) >= 11 is 0. The van der Waals surface area contributed by atoms with E-state index < -0.39 is 0 Å². The molecule has 0 aliphatic carbocycles. The van der Waals surface area contributed by atoms with Crippen LogP contribution in [0.25, 0.3) is 0 Å². The number of hydrogen-bond acceptors (Lipinski definition) is 2. The Morgan fingerprint density at radius 3 is 1.94 bits per heavy atom. The Balaban J connectivity index is 2.88. The third-order valence-corrected chi connectivity index (χ3v) is 4.95. The first-order chi connectivity index (χ1) is 7.59. The van der Waals surface area contributed by atoms with Crippen LogP contribution in [-0.2, 0) is 9.31 Å². The van der Waals surface area contributed by atoms with E-state index in [1.165, 1.54) is 0 Å². The molecule has 2 atom stereocenters. The molecule has 0 aromatic carbocycles. The molecule has 0 N–H and O–H groups in total. The van der Waals surface area contributed by atoms with Gasteiger partial charge in [-0.05, 0) is 45.3 Å². The van der Waals surface area contributed by atoms with E-state index in [9.17, 15) is 0 Å². The Morgan fingerprint density at radius 2 is 1.65 bits per heavy atom. The Bertz CT molecular complexity index is 283. The quantitative estimate of drug-likeness (QED) is 0.543. The largest absolute Gasteiger partial charge is 0.461 e. The van der Waals surface area contributed by atoms with Gasteiger partial charge in [-0.1, -0.05) is 26.8 Å². The van der Waals surface area contributed by atoms with Gasteiger partial charge in [0.15, 0.2) is 0 Å². The van der Waals surface area contributed by atoms with Crippen LogP contribution in [0.5, 0.6) is 0 Å². The first-order valence-electron chi connectivity index (χ1n) is 6.59. The molecule has 0 amide bonds. The van der Waals surface area contributed by atoms with Crippen LogP contribution >= 0.6 is 0 Å². The van der Waals surface area contributed by atoms with Gasteiger partial charge in [0.05, 0.1) is 11.2 Å². The monoisotopic (exact) mass is 238 g/mol. The van der Waals surface area contributed by atoms with Crippen LogP contribution in [0.2, 0.25) is 5.82 Å². The number of hydrogen-bond donors (Lipinski definition) is 0. The zero-order valence-electron chi connectivity index (χ0n) is 12.5. The minimum atomic E-state index is -0.248. The molecular weight excluding hydrogens is 211 g/mol. The molecule has 1 fully saturated rings. The summed E-state index contributed by atoms with van der Waals surface area (Å²) in [6.07, 6.45) is 3.07. The maximum absolute atomic E-state index is 6.11. The highest BCUT2D eigenvalue weighted by Gasteiger charge is 2.55. The van der Waals surface area contributed by atoms with Crippen LogP contribution in [0.3, 0.4) is 0 Å². The van der Waals surface area contributed by atoms with Crippen molar-refractivity contribution in [1.82, 2.24) is 0 Å². The summed E-state index contributed by atoms with van der Waals surface area (Å²) in [5, 5.41) is 0. The maximum Gasteiger partial charge on any atom is 0.461 e. The van der Waals surface area contributed by atoms with Crippen molar-refractivity contribution >= 4 is 7.12 Å². The smallest absolute Gasteiger partial charge is 0.403 e. The van der Waals surface area contributed by atoms with Crippen LogP contribution in [0.1, 0.15) is 54.9 Å². The van der Waals surface area contributed by atoms with Gasteiger partial charge in [-0.15, -0.1) is 6.58 Å². The van der Waals surface area contributed by atoms with Gasteiger partial charge in [0.2, 0.25) is 0 Å². The number of allylic oxidation sites excluding steroid dienone is 1. The van der Waals surface area contributed by atoms with E-state index >= 15 is 0 Å². The average molecular weight is 238 g/mol. The van der Waals surface area contributed by atoms with E-state index in [4.69, 9.17) is 9.31 Å². The third-order valence-electron chi connectivity index (χ3n) is 4.95.